The van der Waals surface area contributed by atoms with Crippen LogP contribution in [0.5, 0.6) is 0 Å². The summed E-state index contributed by atoms with van der Waals surface area (Å²) in [5.74, 6) is 1.04. The molecule has 2 aromatic heterocycles. The zero-order valence-electron chi connectivity index (χ0n) is 15.0. The Kier molecular flexibility index (Phi) is 5.13. The van der Waals surface area contributed by atoms with Gasteiger partial charge in [-0.3, -0.25) is 4.79 Å². The largest absolute Gasteiger partial charge is 0.367 e. The van der Waals surface area contributed by atoms with Crippen molar-refractivity contribution in [3.05, 3.63) is 40.8 Å². The molecule has 1 atom stereocenters. The van der Waals surface area contributed by atoms with Crippen LogP contribution >= 0.6 is 0 Å². The van der Waals surface area contributed by atoms with E-state index < -0.39 is 5.60 Å². The number of ether oxygens (including phenoxy) is 1. The van der Waals surface area contributed by atoms with E-state index in [0.29, 0.717) is 35.8 Å². The number of carbonyl (C=O) groups is 1. The second-order valence-electron chi connectivity index (χ2n) is 6.55. The summed E-state index contributed by atoms with van der Waals surface area (Å²) in [5, 5.41) is 6.78. The van der Waals surface area contributed by atoms with Gasteiger partial charge in [-0.15, -0.1) is 0 Å². The molecule has 0 aliphatic carbocycles. The molecule has 1 amide bonds. The van der Waals surface area contributed by atoms with E-state index in [2.05, 4.69) is 20.4 Å². The van der Waals surface area contributed by atoms with Gasteiger partial charge in [-0.1, -0.05) is 12.1 Å². The summed E-state index contributed by atoms with van der Waals surface area (Å²) in [7, 11) is 0. The van der Waals surface area contributed by atoms with Crippen LogP contribution in [0.1, 0.15) is 66.3 Å². The summed E-state index contributed by atoms with van der Waals surface area (Å²) in [6.45, 7) is 6.81. The number of aromatic nitrogens is 3. The van der Waals surface area contributed by atoms with Crippen molar-refractivity contribution in [2.24, 2.45) is 0 Å². The number of rotatable bonds is 5. The molecule has 0 spiro atoms. The van der Waals surface area contributed by atoms with Gasteiger partial charge in [0, 0.05) is 31.1 Å². The lowest BCUT2D eigenvalue weighted by Gasteiger charge is -2.32. The first-order valence-electron chi connectivity index (χ1n) is 8.72. The van der Waals surface area contributed by atoms with E-state index in [4.69, 9.17) is 9.26 Å². The predicted octanol–water partition coefficient (Wildman–Crippen LogP) is 2.68. The quantitative estimate of drug-likeness (QED) is 0.897. The molecule has 0 saturated carbocycles. The van der Waals surface area contributed by atoms with Crippen molar-refractivity contribution in [1.29, 1.82) is 0 Å². The molecular formula is C18H24N4O3. The number of hydrogen-bond acceptors (Lipinski definition) is 6. The highest BCUT2D eigenvalue weighted by molar-refractivity contribution is 5.96. The van der Waals surface area contributed by atoms with Gasteiger partial charge < -0.3 is 14.6 Å². The van der Waals surface area contributed by atoms with E-state index in [1.165, 1.54) is 0 Å². The summed E-state index contributed by atoms with van der Waals surface area (Å²) in [4.78, 5) is 21.3. The van der Waals surface area contributed by atoms with Crippen molar-refractivity contribution in [1.82, 2.24) is 20.4 Å². The highest BCUT2D eigenvalue weighted by atomic mass is 16.5. The highest BCUT2D eigenvalue weighted by Gasteiger charge is 2.32. The van der Waals surface area contributed by atoms with Crippen molar-refractivity contribution in [3.8, 4) is 0 Å². The van der Waals surface area contributed by atoms with Crippen LogP contribution in [0.3, 0.4) is 0 Å². The molecule has 0 radical (unpaired) electrons. The van der Waals surface area contributed by atoms with Crippen LogP contribution in [0.25, 0.3) is 0 Å². The Labute approximate surface area is 147 Å². The molecule has 134 valence electrons. The molecule has 2 aromatic rings. The van der Waals surface area contributed by atoms with E-state index in [1.54, 1.807) is 19.3 Å². The van der Waals surface area contributed by atoms with Crippen molar-refractivity contribution < 1.29 is 14.1 Å². The van der Waals surface area contributed by atoms with E-state index in [1.807, 2.05) is 13.8 Å². The molecule has 1 saturated heterocycles. The molecule has 1 N–H and O–H groups in total. The topological polar surface area (TPSA) is 90.1 Å². The Bertz CT molecular complexity index is 733. The Morgan fingerprint density at radius 1 is 1.32 bits per heavy atom. The van der Waals surface area contributed by atoms with Crippen LogP contribution in [0.2, 0.25) is 0 Å². The third kappa shape index (κ3) is 3.71. The molecule has 0 unspecified atom stereocenters. The number of carbonyl (C=O) groups excluding carboxylic acids is 1. The zero-order valence-corrected chi connectivity index (χ0v) is 15.0. The van der Waals surface area contributed by atoms with Gasteiger partial charge in [0.15, 0.2) is 5.82 Å². The molecule has 1 aliphatic rings. The fraction of sp³-hybridized carbons (Fsp3) is 0.556. The molecule has 3 rings (SSSR count). The third-order valence-electron chi connectivity index (χ3n) is 4.60. The van der Waals surface area contributed by atoms with Crippen molar-refractivity contribution in [3.63, 3.8) is 0 Å². The fourth-order valence-electron chi connectivity index (χ4n) is 3.05. The zero-order chi connectivity index (χ0) is 17.9. The normalized spacial score (nSPS) is 20.4. The summed E-state index contributed by atoms with van der Waals surface area (Å²) in [6.07, 6.45) is 7.27. The molecule has 0 bridgehead atoms. The number of aryl methyl sites for hydroxylation is 2. The van der Waals surface area contributed by atoms with Gasteiger partial charge in [0.1, 0.15) is 16.9 Å². The van der Waals surface area contributed by atoms with Crippen molar-refractivity contribution >= 4 is 5.91 Å². The Balaban J connectivity index is 1.64. The molecule has 1 fully saturated rings. The molecule has 1 aliphatic heterocycles. The second-order valence-corrected chi connectivity index (χ2v) is 6.55. The minimum Gasteiger partial charge on any atom is -0.367 e. The lowest BCUT2D eigenvalue weighted by molar-refractivity contribution is -0.0760. The molecule has 25 heavy (non-hydrogen) atoms. The first kappa shape index (κ1) is 17.5. The van der Waals surface area contributed by atoms with Crippen LogP contribution in [0, 0.1) is 6.92 Å². The van der Waals surface area contributed by atoms with Gasteiger partial charge in [-0.05, 0) is 39.5 Å². The third-order valence-corrected chi connectivity index (χ3v) is 4.60. The molecule has 7 heteroatoms. The fourth-order valence-corrected chi connectivity index (χ4v) is 3.05. The van der Waals surface area contributed by atoms with Crippen LogP contribution in [-0.4, -0.2) is 27.6 Å². The van der Waals surface area contributed by atoms with Gasteiger partial charge >= 0.3 is 0 Å². The van der Waals surface area contributed by atoms with Gasteiger partial charge in [0.2, 0.25) is 0 Å². The van der Waals surface area contributed by atoms with Crippen LogP contribution in [0.15, 0.2) is 16.9 Å². The number of amides is 1. The van der Waals surface area contributed by atoms with Crippen LogP contribution < -0.4 is 5.32 Å². The Morgan fingerprint density at radius 2 is 2.08 bits per heavy atom. The molecule has 7 nitrogen and oxygen atoms in total. The van der Waals surface area contributed by atoms with Gasteiger partial charge in [-0.2, -0.15) is 0 Å². The van der Waals surface area contributed by atoms with E-state index in [0.717, 1.165) is 31.4 Å². The maximum absolute atomic E-state index is 12.4. The van der Waals surface area contributed by atoms with Crippen molar-refractivity contribution in [2.75, 3.05) is 6.61 Å². The molecule has 0 aromatic carbocycles. The van der Waals surface area contributed by atoms with Gasteiger partial charge in [0.25, 0.3) is 5.91 Å². The smallest absolute Gasteiger partial charge is 0.257 e. The lowest BCUT2D eigenvalue weighted by atomic mass is 9.95. The highest BCUT2D eigenvalue weighted by Crippen LogP contribution is 2.32. The standard InChI is InChI=1S/C18H24N4O3/c1-4-14-15(12(2)25-22-14)16(23)19-9-13-10-20-17(21-11-13)18(3)7-5-6-8-24-18/h10-11H,4-9H2,1-3H3,(H,19,23)/t18-/m1/s1. The maximum Gasteiger partial charge on any atom is 0.257 e. The minimum atomic E-state index is -0.407. The predicted molar refractivity (Wildman–Crippen MR) is 91.0 cm³/mol. The maximum atomic E-state index is 12.4. The number of nitrogens with zero attached hydrogens (tertiary/aromatic N) is 3. The minimum absolute atomic E-state index is 0.192. The van der Waals surface area contributed by atoms with Gasteiger partial charge in [-0.25, -0.2) is 9.97 Å². The summed E-state index contributed by atoms with van der Waals surface area (Å²) < 4.78 is 11.0. The van der Waals surface area contributed by atoms with Gasteiger partial charge in [0.05, 0.1) is 5.69 Å². The average Bonchev–Trinajstić information content (AvgIpc) is 3.01. The van der Waals surface area contributed by atoms with Crippen LogP contribution in [-0.2, 0) is 23.3 Å². The summed E-state index contributed by atoms with van der Waals surface area (Å²) in [6, 6.07) is 0. The Morgan fingerprint density at radius 3 is 2.72 bits per heavy atom. The lowest BCUT2D eigenvalue weighted by Crippen LogP contribution is -2.32. The number of hydrogen-bond donors (Lipinski definition) is 1. The molecule has 3 heterocycles. The summed E-state index contributed by atoms with van der Waals surface area (Å²) in [5.41, 5.74) is 1.62. The van der Waals surface area contributed by atoms with Crippen molar-refractivity contribution in [2.45, 2.75) is 58.6 Å². The van der Waals surface area contributed by atoms with Crippen LogP contribution in [0.4, 0.5) is 0 Å². The van der Waals surface area contributed by atoms with E-state index in [9.17, 15) is 4.79 Å². The average molecular weight is 344 g/mol. The first-order chi connectivity index (χ1) is 12.0. The Hall–Kier alpha value is -2.28. The number of nitrogens with one attached hydrogen (secondary N) is 1. The molecular weight excluding hydrogens is 320 g/mol. The monoisotopic (exact) mass is 344 g/mol. The van der Waals surface area contributed by atoms with E-state index in [-0.39, 0.29) is 5.91 Å². The van der Waals surface area contributed by atoms with E-state index >= 15 is 0 Å². The SMILES string of the molecule is CCc1noc(C)c1C(=O)NCc1cnc([C@@]2(C)CCCCO2)nc1. The first-order valence-corrected chi connectivity index (χ1v) is 8.72. The second kappa shape index (κ2) is 7.31. The summed E-state index contributed by atoms with van der Waals surface area (Å²) >= 11 is 0.